The second kappa shape index (κ2) is 16.4. The molecule has 0 spiro atoms. The molecule has 2 heterocycles. The van der Waals surface area contributed by atoms with E-state index in [0.717, 1.165) is 55.7 Å². The summed E-state index contributed by atoms with van der Waals surface area (Å²) in [6, 6.07) is 9.60. The summed E-state index contributed by atoms with van der Waals surface area (Å²) in [7, 11) is 0. The minimum Gasteiger partial charge on any atom is -0.475 e. The Morgan fingerprint density at radius 2 is 1.72 bits per heavy atom. The number of carboxylic acids is 1. The number of amides is 1. The first-order chi connectivity index (χ1) is 22.3. The molecule has 2 N–H and O–H groups in total. The van der Waals surface area contributed by atoms with Crippen LogP contribution in [0.15, 0.2) is 35.1 Å². The van der Waals surface area contributed by atoms with Crippen molar-refractivity contribution in [2.45, 2.75) is 100 Å². The zero-order valence-corrected chi connectivity index (χ0v) is 26.9. The Morgan fingerprint density at radius 3 is 2.32 bits per heavy atom. The summed E-state index contributed by atoms with van der Waals surface area (Å²) in [6.07, 6.45) is 2.04. The number of alkyl halides is 5. The molecule has 47 heavy (non-hydrogen) atoms. The number of carbonyl (C=O) groups excluding carboxylic acids is 1. The number of carbonyl (C=O) groups is 2. The van der Waals surface area contributed by atoms with Gasteiger partial charge in [-0.1, -0.05) is 24.6 Å². The number of rotatable bonds is 11. The van der Waals surface area contributed by atoms with Crippen LogP contribution < -0.4 is 10.9 Å². The van der Waals surface area contributed by atoms with Crippen LogP contribution in [-0.2, 0) is 20.7 Å². The smallest absolute Gasteiger partial charge is 0.475 e. The maximum absolute atomic E-state index is 13.8. The van der Waals surface area contributed by atoms with Crippen molar-refractivity contribution < 1.29 is 41.4 Å². The third kappa shape index (κ3) is 9.99. The number of aliphatic carboxylic acids is 1. The summed E-state index contributed by atoms with van der Waals surface area (Å²) in [5.74, 6) is -4.25. The van der Waals surface area contributed by atoms with Crippen LogP contribution >= 0.6 is 12.6 Å². The van der Waals surface area contributed by atoms with Gasteiger partial charge in [-0.25, -0.2) is 18.6 Å². The van der Waals surface area contributed by atoms with Gasteiger partial charge in [0, 0.05) is 38.3 Å². The molecule has 5 rings (SSSR count). The lowest BCUT2D eigenvalue weighted by Gasteiger charge is -2.35. The van der Waals surface area contributed by atoms with E-state index < -0.39 is 23.4 Å². The van der Waals surface area contributed by atoms with E-state index in [-0.39, 0.29) is 42.9 Å². The number of para-hydroxylation sites is 1. The number of thiol groups is 1. The van der Waals surface area contributed by atoms with Crippen LogP contribution in [0.3, 0.4) is 0 Å². The highest BCUT2D eigenvalue weighted by molar-refractivity contribution is 7.80. The van der Waals surface area contributed by atoms with Crippen molar-refractivity contribution in [1.29, 1.82) is 0 Å². The molecule has 1 aromatic carbocycles. The molecule has 1 atom stereocenters. The fraction of sp³-hybridized carbons (Fsp3) is 0.625. The highest BCUT2D eigenvalue weighted by Crippen LogP contribution is 2.38. The van der Waals surface area contributed by atoms with E-state index in [0.29, 0.717) is 44.5 Å². The van der Waals surface area contributed by atoms with Crippen molar-refractivity contribution >= 4 is 24.5 Å². The number of carboxylic acid groups (broad SMARTS) is 1. The van der Waals surface area contributed by atoms with E-state index in [1.807, 2.05) is 30.3 Å². The molecule has 1 unspecified atom stereocenters. The minimum atomic E-state index is -5.08. The van der Waals surface area contributed by atoms with Crippen LogP contribution in [0, 0.1) is 0 Å². The average Bonchev–Trinajstić information content (AvgIpc) is 2.98. The number of ether oxygens (including phenoxy) is 1. The quantitative estimate of drug-likeness (QED) is 0.155. The predicted molar refractivity (Wildman–Crippen MR) is 167 cm³/mol. The second-order valence-electron chi connectivity index (χ2n) is 12.1. The maximum Gasteiger partial charge on any atom is 0.490 e. The molecule has 1 amide bonds. The lowest BCUT2D eigenvalue weighted by molar-refractivity contribution is -0.192. The molecule has 0 radical (unpaired) electrons. The number of hydrogen-bond acceptors (Lipinski definition) is 7. The number of benzene rings is 1. The normalized spacial score (nSPS) is 19.7. The minimum absolute atomic E-state index is 0.0453. The number of hydrogen-bond donors (Lipinski definition) is 3. The lowest BCUT2D eigenvalue weighted by atomic mass is 9.84. The van der Waals surface area contributed by atoms with Gasteiger partial charge in [0.05, 0.1) is 29.6 Å². The van der Waals surface area contributed by atoms with Crippen LogP contribution in [0.25, 0.3) is 5.69 Å². The summed E-state index contributed by atoms with van der Waals surface area (Å²) in [5.41, 5.74) is 1.92. The number of nitrogens with one attached hydrogen (secondary N) is 1. The second-order valence-corrected chi connectivity index (χ2v) is 12.6. The Kier molecular flexibility index (Phi) is 12.8. The van der Waals surface area contributed by atoms with Gasteiger partial charge < -0.3 is 20.1 Å². The van der Waals surface area contributed by atoms with E-state index in [4.69, 9.17) is 32.3 Å². The Balaban J connectivity index is 0.000000644. The number of halogens is 5. The van der Waals surface area contributed by atoms with Gasteiger partial charge in [-0.05, 0) is 63.6 Å². The Bertz CT molecular complexity index is 1410. The van der Waals surface area contributed by atoms with Crippen molar-refractivity contribution in [3.63, 3.8) is 0 Å². The zero-order valence-electron chi connectivity index (χ0n) is 26.0. The van der Waals surface area contributed by atoms with Gasteiger partial charge in [-0.15, -0.1) is 12.6 Å². The standard InChI is InChI=1S/C30H40F2N4O3S.C2HF3O2/c31-30(32)15-12-23(13-16-30)39-19-6-2-5-17-33-20-25(37)35-18-14-24-26(29(35)40)28(38)36(22-10-3-1-4-11-22)27(34-24)21-8-7-9-21;3-2(4,5)1(6)7/h1,3-4,10-11,21,23,29,33,40H,2,5-9,12-20H2;(H,6,7). The number of nitrogens with zero attached hydrogens (tertiary/aromatic N) is 3. The van der Waals surface area contributed by atoms with E-state index in [1.54, 1.807) is 9.47 Å². The Hall–Kier alpha value is -3.04. The highest BCUT2D eigenvalue weighted by Gasteiger charge is 2.38. The molecule has 9 nitrogen and oxygen atoms in total. The summed E-state index contributed by atoms with van der Waals surface area (Å²) < 4.78 is 65.7. The molecule has 3 aliphatic rings. The summed E-state index contributed by atoms with van der Waals surface area (Å²) in [6.45, 7) is 1.94. The van der Waals surface area contributed by atoms with Gasteiger partial charge >= 0.3 is 12.1 Å². The molecule has 1 aromatic heterocycles. The van der Waals surface area contributed by atoms with Gasteiger partial charge in [0.1, 0.15) is 11.2 Å². The van der Waals surface area contributed by atoms with Crippen LogP contribution in [0.2, 0.25) is 0 Å². The molecule has 2 aromatic rings. The van der Waals surface area contributed by atoms with E-state index >= 15 is 0 Å². The van der Waals surface area contributed by atoms with Gasteiger partial charge in [0.2, 0.25) is 11.8 Å². The van der Waals surface area contributed by atoms with Crippen LogP contribution in [0.4, 0.5) is 22.0 Å². The van der Waals surface area contributed by atoms with Gasteiger partial charge in [-0.2, -0.15) is 13.2 Å². The Labute approximate surface area is 275 Å². The first-order valence-corrected chi connectivity index (χ1v) is 16.5. The molecule has 260 valence electrons. The first kappa shape index (κ1) is 36.8. The van der Waals surface area contributed by atoms with Crippen LogP contribution in [0.1, 0.15) is 92.6 Å². The van der Waals surface area contributed by atoms with Gasteiger partial charge in [0.15, 0.2) is 0 Å². The van der Waals surface area contributed by atoms with E-state index in [9.17, 15) is 31.5 Å². The fourth-order valence-electron chi connectivity index (χ4n) is 5.83. The monoisotopic (exact) mass is 688 g/mol. The maximum atomic E-state index is 13.8. The number of aromatic nitrogens is 2. The third-order valence-electron chi connectivity index (χ3n) is 8.71. The molecule has 0 saturated heterocycles. The van der Waals surface area contributed by atoms with Crippen molar-refractivity contribution in [3.8, 4) is 5.69 Å². The summed E-state index contributed by atoms with van der Waals surface area (Å²) in [5, 5.41) is 9.71. The predicted octanol–water partition coefficient (Wildman–Crippen LogP) is 5.80. The van der Waals surface area contributed by atoms with Gasteiger partial charge in [-0.3, -0.25) is 14.2 Å². The summed E-state index contributed by atoms with van der Waals surface area (Å²) in [4.78, 5) is 42.5. The topological polar surface area (TPSA) is 114 Å². The Morgan fingerprint density at radius 1 is 1.06 bits per heavy atom. The average molecular weight is 689 g/mol. The van der Waals surface area contributed by atoms with Gasteiger partial charge in [0.25, 0.3) is 5.56 Å². The number of unbranched alkanes of at least 4 members (excludes halogenated alkanes) is 2. The molecule has 0 bridgehead atoms. The van der Waals surface area contributed by atoms with E-state index in [2.05, 4.69) is 5.32 Å². The molecular formula is C32H41F5N4O5S. The molecule has 2 saturated carbocycles. The molecule has 2 aliphatic carbocycles. The third-order valence-corrected chi connectivity index (χ3v) is 9.24. The molecule has 2 fully saturated rings. The zero-order chi connectivity index (χ0) is 34.2. The largest absolute Gasteiger partial charge is 0.490 e. The SMILES string of the molecule is O=C(CNCCCCCOC1CCC(F)(F)CC1)N1CCc2nc(C3CCC3)n(-c3ccccc3)c(=O)c2C1S.O=C(O)C(F)(F)F. The molecule has 1 aliphatic heterocycles. The van der Waals surface area contributed by atoms with Crippen LogP contribution in [-0.4, -0.2) is 75.9 Å². The fourth-order valence-corrected chi connectivity index (χ4v) is 6.34. The van der Waals surface area contributed by atoms with Crippen molar-refractivity contribution in [3.05, 3.63) is 57.8 Å². The lowest BCUT2D eigenvalue weighted by Crippen LogP contribution is -2.46. The van der Waals surface area contributed by atoms with E-state index in [1.165, 1.54) is 0 Å². The van der Waals surface area contributed by atoms with Crippen molar-refractivity contribution in [2.24, 2.45) is 0 Å². The highest BCUT2D eigenvalue weighted by atomic mass is 32.1. The number of fused-ring (bicyclic) bond motifs is 1. The summed E-state index contributed by atoms with van der Waals surface area (Å²) >= 11 is 4.75. The molecular weight excluding hydrogens is 647 g/mol. The van der Waals surface area contributed by atoms with Crippen LogP contribution in [0.5, 0.6) is 0 Å². The molecule has 15 heteroatoms. The van der Waals surface area contributed by atoms with Crippen molar-refractivity contribution in [1.82, 2.24) is 19.8 Å². The first-order valence-electron chi connectivity index (χ1n) is 16.0. The van der Waals surface area contributed by atoms with Crippen molar-refractivity contribution in [2.75, 3.05) is 26.2 Å².